The molecule has 1 aromatic heterocycles. The average Bonchev–Trinajstić information content (AvgIpc) is 3.79. The Hall–Kier alpha value is -4.20. The number of Topliss-reactive ketones (excluding diaryl/α,β-unsaturated/α-hetero) is 1. The topological polar surface area (TPSA) is 97.3 Å². The van der Waals surface area contributed by atoms with E-state index in [9.17, 15) is 18.8 Å². The molecule has 0 N–H and O–H groups in total. The van der Waals surface area contributed by atoms with Crippen molar-refractivity contribution in [2.45, 2.75) is 51.3 Å². The van der Waals surface area contributed by atoms with Gasteiger partial charge in [-0.15, -0.1) is 0 Å². The highest BCUT2D eigenvalue weighted by atomic mass is 79.9. The second-order valence-electron chi connectivity index (χ2n) is 11.1. The lowest BCUT2D eigenvalue weighted by atomic mass is 9.93. The monoisotopic (exact) mass is 676 g/mol. The molecule has 6 rings (SSSR count). The Morgan fingerprint density at radius 3 is 2.52 bits per heavy atom. The average molecular weight is 678 g/mol. The van der Waals surface area contributed by atoms with E-state index in [-0.39, 0.29) is 55.1 Å². The summed E-state index contributed by atoms with van der Waals surface area (Å²) >= 11 is 9.58. The molecule has 44 heavy (non-hydrogen) atoms. The molecule has 0 unspecified atom stereocenters. The quantitative estimate of drug-likeness (QED) is 0.195. The number of carbonyl (C=O) groups is 2. The number of carbonyl (C=O) groups excluding carboxylic acids is 2. The van der Waals surface area contributed by atoms with E-state index in [0.717, 1.165) is 18.9 Å². The van der Waals surface area contributed by atoms with Gasteiger partial charge in [-0.25, -0.2) is 9.18 Å². The molecule has 1 aliphatic heterocycles. The number of rotatable bonds is 8. The highest BCUT2D eigenvalue weighted by Crippen LogP contribution is 2.31. The minimum Gasteiger partial charge on any atom is -0.490 e. The molecular formula is C33H27BrClFN4O4. The minimum absolute atomic E-state index is 0.0261. The fourth-order valence-corrected chi connectivity index (χ4v) is 5.93. The van der Waals surface area contributed by atoms with Gasteiger partial charge in [-0.1, -0.05) is 24.6 Å². The smallest absolute Gasteiger partial charge is 0.333 e. The highest BCUT2D eigenvalue weighted by Gasteiger charge is 2.33. The summed E-state index contributed by atoms with van der Waals surface area (Å²) < 4.78 is 24.3. The van der Waals surface area contributed by atoms with E-state index in [0.29, 0.717) is 37.8 Å². The van der Waals surface area contributed by atoms with Crippen molar-refractivity contribution >= 4 is 39.2 Å². The van der Waals surface area contributed by atoms with Crippen LogP contribution in [0.2, 0.25) is 5.02 Å². The SMILES string of the molecule is C[C@H](CC(=O)c1c2n(c(=O)n1-c1ccc(OC3CC3)cc1)CCN(C(=O)c1ccc(Br)c(Cl)c1)C2)c1ccc(C#N)cc1F. The number of amides is 1. The maximum Gasteiger partial charge on any atom is 0.333 e. The number of ether oxygens (including phenoxy) is 1. The molecule has 1 aliphatic carbocycles. The molecule has 8 nitrogen and oxygen atoms in total. The van der Waals surface area contributed by atoms with Gasteiger partial charge < -0.3 is 9.64 Å². The summed E-state index contributed by atoms with van der Waals surface area (Å²) in [5, 5.41) is 9.50. The first kappa shape index (κ1) is 29.9. The van der Waals surface area contributed by atoms with Crippen molar-refractivity contribution in [3.8, 4) is 17.5 Å². The van der Waals surface area contributed by atoms with E-state index in [1.807, 2.05) is 6.07 Å². The Morgan fingerprint density at radius 1 is 1.11 bits per heavy atom. The van der Waals surface area contributed by atoms with Gasteiger partial charge in [0.05, 0.1) is 40.7 Å². The van der Waals surface area contributed by atoms with Crippen molar-refractivity contribution in [3.63, 3.8) is 0 Å². The Kier molecular flexibility index (Phi) is 8.18. The Balaban J connectivity index is 1.38. The van der Waals surface area contributed by atoms with E-state index >= 15 is 0 Å². The molecule has 2 heterocycles. The van der Waals surface area contributed by atoms with Gasteiger partial charge in [0, 0.05) is 29.5 Å². The summed E-state index contributed by atoms with van der Waals surface area (Å²) in [7, 11) is 0. The fourth-order valence-electron chi connectivity index (χ4n) is 5.50. The van der Waals surface area contributed by atoms with Gasteiger partial charge in [0.1, 0.15) is 17.3 Å². The second-order valence-corrected chi connectivity index (χ2v) is 12.4. The molecule has 1 fully saturated rings. The van der Waals surface area contributed by atoms with E-state index in [4.69, 9.17) is 21.6 Å². The van der Waals surface area contributed by atoms with E-state index in [1.54, 1.807) is 54.3 Å². The third-order valence-corrected chi connectivity index (χ3v) is 9.20. The molecule has 2 aliphatic rings. The normalized spacial score (nSPS) is 14.9. The Labute approximate surface area is 266 Å². The summed E-state index contributed by atoms with van der Waals surface area (Å²) in [5.41, 5.74) is 1.52. The standard InChI is InChI=1S/C33H27BrClFN4O4/c1-19(25-10-2-20(17-37)15-28(25)36)14-30(41)31-29-18-38(32(42)21-3-11-26(34)27(35)16-21)12-13-39(29)33(43)40(31)22-4-6-23(7-5-22)44-24-8-9-24/h2-7,10-11,15-16,19,24H,8-9,12-14,18H2,1H3/t19-/m1/s1. The molecule has 3 aromatic carbocycles. The number of hydrogen-bond donors (Lipinski definition) is 0. The van der Waals surface area contributed by atoms with Crippen LogP contribution in [-0.2, 0) is 13.1 Å². The summed E-state index contributed by atoms with van der Waals surface area (Å²) in [4.78, 5) is 43.0. The number of nitriles is 1. The number of nitrogens with zero attached hydrogens (tertiary/aromatic N) is 4. The molecule has 0 spiro atoms. The number of hydrogen-bond acceptors (Lipinski definition) is 5. The van der Waals surface area contributed by atoms with Crippen LogP contribution in [0.4, 0.5) is 4.39 Å². The largest absolute Gasteiger partial charge is 0.490 e. The van der Waals surface area contributed by atoms with Crippen molar-refractivity contribution in [3.05, 3.63) is 115 Å². The summed E-state index contributed by atoms with van der Waals surface area (Å²) in [5.74, 6) is -1.09. The highest BCUT2D eigenvalue weighted by molar-refractivity contribution is 9.10. The van der Waals surface area contributed by atoms with Crippen LogP contribution in [0, 0.1) is 17.1 Å². The van der Waals surface area contributed by atoms with Crippen LogP contribution in [0.3, 0.4) is 0 Å². The van der Waals surface area contributed by atoms with Crippen LogP contribution < -0.4 is 10.4 Å². The molecule has 1 atom stereocenters. The predicted octanol–water partition coefficient (Wildman–Crippen LogP) is 6.64. The second kappa shape index (κ2) is 12.1. The van der Waals surface area contributed by atoms with Crippen molar-refractivity contribution in [2.24, 2.45) is 0 Å². The number of fused-ring (bicyclic) bond motifs is 1. The van der Waals surface area contributed by atoms with E-state index in [1.165, 1.54) is 21.3 Å². The van der Waals surface area contributed by atoms with Crippen LogP contribution in [-0.4, -0.2) is 38.4 Å². The van der Waals surface area contributed by atoms with Crippen molar-refractivity contribution in [2.75, 3.05) is 6.54 Å². The number of benzene rings is 3. The number of aromatic nitrogens is 2. The zero-order valence-corrected chi connectivity index (χ0v) is 26.1. The van der Waals surface area contributed by atoms with Crippen LogP contribution >= 0.6 is 27.5 Å². The van der Waals surface area contributed by atoms with Gasteiger partial charge in [0.15, 0.2) is 5.78 Å². The fraction of sp³-hybridized carbons (Fsp3) is 0.273. The zero-order valence-electron chi connectivity index (χ0n) is 23.7. The molecule has 4 aromatic rings. The molecule has 0 bridgehead atoms. The molecule has 1 amide bonds. The summed E-state index contributed by atoms with van der Waals surface area (Å²) in [6.07, 6.45) is 2.12. The molecule has 0 saturated heterocycles. The van der Waals surface area contributed by atoms with Gasteiger partial charge in [0.2, 0.25) is 0 Å². The lowest BCUT2D eigenvalue weighted by Gasteiger charge is -2.28. The van der Waals surface area contributed by atoms with Gasteiger partial charge in [-0.2, -0.15) is 5.26 Å². The van der Waals surface area contributed by atoms with Gasteiger partial charge in [0.25, 0.3) is 5.91 Å². The van der Waals surface area contributed by atoms with Crippen LogP contribution in [0.5, 0.6) is 5.75 Å². The number of imidazole rings is 1. The zero-order chi connectivity index (χ0) is 31.1. The van der Waals surface area contributed by atoms with Gasteiger partial charge >= 0.3 is 5.69 Å². The van der Waals surface area contributed by atoms with Crippen LogP contribution in [0.1, 0.15) is 69.8 Å². The summed E-state index contributed by atoms with van der Waals surface area (Å²) in [6, 6.07) is 18.0. The van der Waals surface area contributed by atoms with Crippen LogP contribution in [0.25, 0.3) is 5.69 Å². The molecule has 224 valence electrons. The Morgan fingerprint density at radius 2 is 1.86 bits per heavy atom. The third kappa shape index (κ3) is 5.82. The first-order valence-electron chi connectivity index (χ1n) is 14.2. The lowest BCUT2D eigenvalue weighted by Crippen LogP contribution is -2.41. The maximum absolute atomic E-state index is 14.9. The molecule has 11 heteroatoms. The van der Waals surface area contributed by atoms with Crippen molar-refractivity contribution in [1.29, 1.82) is 5.26 Å². The molecular weight excluding hydrogens is 651 g/mol. The van der Waals surface area contributed by atoms with Crippen LogP contribution in [0.15, 0.2) is 69.9 Å². The lowest BCUT2D eigenvalue weighted by molar-refractivity contribution is 0.0706. The van der Waals surface area contributed by atoms with Crippen molar-refractivity contribution < 1.29 is 18.7 Å². The Bertz CT molecular complexity index is 1890. The first-order valence-corrected chi connectivity index (χ1v) is 15.4. The van der Waals surface area contributed by atoms with Crippen molar-refractivity contribution in [1.82, 2.24) is 14.0 Å². The van der Waals surface area contributed by atoms with Gasteiger partial charge in [-0.3, -0.25) is 18.7 Å². The first-order chi connectivity index (χ1) is 21.1. The maximum atomic E-state index is 14.9. The predicted molar refractivity (Wildman–Crippen MR) is 166 cm³/mol. The minimum atomic E-state index is -0.572. The summed E-state index contributed by atoms with van der Waals surface area (Å²) in [6.45, 7) is 2.21. The van der Waals surface area contributed by atoms with E-state index in [2.05, 4.69) is 15.9 Å². The molecule has 0 radical (unpaired) electrons. The number of halogens is 3. The molecule has 1 saturated carbocycles. The van der Waals surface area contributed by atoms with E-state index < -0.39 is 17.4 Å². The number of ketones is 1. The van der Waals surface area contributed by atoms with Gasteiger partial charge in [-0.05, 0) is 94.9 Å². The third-order valence-electron chi connectivity index (χ3n) is 7.97.